The second-order valence-electron chi connectivity index (χ2n) is 9.65. The quantitative estimate of drug-likeness (QED) is 0.115. The van der Waals surface area contributed by atoms with Crippen LogP contribution in [0.4, 0.5) is 5.69 Å². The van der Waals surface area contributed by atoms with E-state index in [-0.39, 0.29) is 22.8 Å². The summed E-state index contributed by atoms with van der Waals surface area (Å²) in [5, 5.41) is 11.6. The van der Waals surface area contributed by atoms with Crippen molar-refractivity contribution < 1.29 is 27.6 Å². The molecule has 0 aliphatic carbocycles. The summed E-state index contributed by atoms with van der Waals surface area (Å²) in [6.07, 6.45) is 4.38. The van der Waals surface area contributed by atoms with E-state index in [2.05, 4.69) is 13.8 Å². The molecule has 8 nitrogen and oxygen atoms in total. The van der Waals surface area contributed by atoms with E-state index in [4.69, 9.17) is 14.2 Å². The van der Waals surface area contributed by atoms with Gasteiger partial charge in [-0.3, -0.25) is 10.1 Å². The van der Waals surface area contributed by atoms with Crippen LogP contribution < -0.4 is 4.74 Å². The van der Waals surface area contributed by atoms with Crippen molar-refractivity contribution in [2.24, 2.45) is 5.41 Å². The number of non-ortho nitro benzene ring substituents is 1. The first-order valence-corrected chi connectivity index (χ1v) is 15.2. The van der Waals surface area contributed by atoms with Crippen molar-refractivity contribution in [1.29, 1.82) is 0 Å². The van der Waals surface area contributed by atoms with E-state index < -0.39 is 26.5 Å². The lowest BCUT2D eigenvalue weighted by molar-refractivity contribution is -0.385. The van der Waals surface area contributed by atoms with E-state index in [1.165, 1.54) is 18.2 Å². The highest BCUT2D eigenvalue weighted by atomic mass is 32.2. The summed E-state index contributed by atoms with van der Waals surface area (Å²) in [7, 11) is -2.30. The van der Waals surface area contributed by atoms with E-state index >= 15 is 0 Å². The van der Waals surface area contributed by atoms with Crippen LogP contribution in [0.25, 0.3) is 0 Å². The molecule has 2 aromatic rings. The van der Waals surface area contributed by atoms with Crippen molar-refractivity contribution in [3.63, 3.8) is 0 Å². The Hall–Kier alpha value is -2.49. The third-order valence-electron chi connectivity index (χ3n) is 6.81. The average Bonchev–Trinajstić information content (AvgIpc) is 2.90. The molecule has 2 rings (SSSR count). The van der Waals surface area contributed by atoms with Crippen LogP contribution in [0.2, 0.25) is 0 Å². The fourth-order valence-corrected chi connectivity index (χ4v) is 7.02. The van der Waals surface area contributed by atoms with E-state index in [9.17, 15) is 18.5 Å². The zero-order valence-electron chi connectivity index (χ0n) is 23.4. The highest BCUT2D eigenvalue weighted by Gasteiger charge is 2.44. The molecular formula is C29H43NO7S. The Balaban J connectivity index is 2.61. The molecule has 0 spiro atoms. The normalized spacial score (nSPS) is 12.2. The number of benzene rings is 2. The van der Waals surface area contributed by atoms with Crippen LogP contribution in [-0.2, 0) is 25.7 Å². The van der Waals surface area contributed by atoms with Gasteiger partial charge in [0.25, 0.3) is 5.69 Å². The zero-order valence-corrected chi connectivity index (χ0v) is 24.2. The summed E-state index contributed by atoms with van der Waals surface area (Å²) >= 11 is 0. The van der Waals surface area contributed by atoms with Crippen molar-refractivity contribution >= 4 is 15.5 Å². The van der Waals surface area contributed by atoms with E-state index in [0.29, 0.717) is 37.4 Å². The second-order valence-corrected chi connectivity index (χ2v) is 11.6. The van der Waals surface area contributed by atoms with Crippen molar-refractivity contribution in [1.82, 2.24) is 0 Å². The van der Waals surface area contributed by atoms with E-state index in [1.807, 2.05) is 26.0 Å². The zero-order chi connectivity index (χ0) is 28.2. The molecule has 0 amide bonds. The van der Waals surface area contributed by atoms with Gasteiger partial charge in [-0.2, -0.15) is 0 Å². The van der Waals surface area contributed by atoms with Gasteiger partial charge in [-0.1, -0.05) is 51.7 Å². The number of methoxy groups -OCH3 is 1. The molecule has 0 unspecified atom stereocenters. The molecule has 0 bridgehead atoms. The van der Waals surface area contributed by atoms with Crippen LogP contribution in [0.15, 0.2) is 47.4 Å². The van der Waals surface area contributed by atoms with Gasteiger partial charge >= 0.3 is 0 Å². The Morgan fingerprint density at radius 1 is 0.921 bits per heavy atom. The molecular weight excluding hydrogens is 506 g/mol. The van der Waals surface area contributed by atoms with Crippen molar-refractivity contribution in [2.45, 2.75) is 83.8 Å². The highest BCUT2D eigenvalue weighted by molar-refractivity contribution is 7.91. The van der Waals surface area contributed by atoms with Crippen LogP contribution in [0.3, 0.4) is 0 Å². The van der Waals surface area contributed by atoms with Gasteiger partial charge in [-0.15, -0.1) is 0 Å². The topological polar surface area (TPSA) is 105 Å². The lowest BCUT2D eigenvalue weighted by atomic mass is 9.79. The molecule has 0 atom stereocenters. The average molecular weight is 550 g/mol. The summed E-state index contributed by atoms with van der Waals surface area (Å²) in [6.45, 7) is 8.75. The van der Waals surface area contributed by atoms with Gasteiger partial charge in [-0.25, -0.2) is 8.42 Å². The van der Waals surface area contributed by atoms with Gasteiger partial charge in [0, 0.05) is 30.8 Å². The fourth-order valence-electron chi connectivity index (χ4n) is 4.88. The third kappa shape index (κ3) is 8.51. The molecule has 38 heavy (non-hydrogen) atoms. The van der Waals surface area contributed by atoms with Crippen LogP contribution >= 0.6 is 0 Å². The van der Waals surface area contributed by atoms with Crippen LogP contribution in [-0.4, -0.2) is 45.7 Å². The molecule has 0 saturated carbocycles. The maximum absolute atomic E-state index is 14.2. The van der Waals surface area contributed by atoms with Crippen LogP contribution in [0.1, 0.15) is 77.3 Å². The highest BCUT2D eigenvalue weighted by Crippen LogP contribution is 2.41. The molecule has 212 valence electrons. The summed E-state index contributed by atoms with van der Waals surface area (Å²) in [4.78, 5) is 11.2. The summed E-state index contributed by atoms with van der Waals surface area (Å²) in [6, 6.07) is 11.3. The molecule has 2 aromatic carbocycles. The molecule has 0 aliphatic heterocycles. The van der Waals surface area contributed by atoms with E-state index in [1.54, 1.807) is 19.2 Å². The molecule has 0 aliphatic rings. The third-order valence-corrected chi connectivity index (χ3v) is 8.84. The van der Waals surface area contributed by atoms with Crippen molar-refractivity contribution in [3.05, 3.63) is 63.7 Å². The first kappa shape index (κ1) is 31.7. The molecule has 0 N–H and O–H groups in total. The second kappa shape index (κ2) is 15.2. The van der Waals surface area contributed by atoms with Gasteiger partial charge in [0.2, 0.25) is 0 Å². The lowest BCUT2D eigenvalue weighted by Gasteiger charge is -2.40. The minimum atomic E-state index is -3.87. The van der Waals surface area contributed by atoms with E-state index in [0.717, 1.165) is 31.2 Å². The number of rotatable bonds is 18. The predicted molar refractivity (Wildman–Crippen MR) is 149 cm³/mol. The number of nitro benzene ring substituents is 1. The largest absolute Gasteiger partial charge is 0.497 e. The Morgan fingerprint density at radius 2 is 1.50 bits per heavy atom. The van der Waals surface area contributed by atoms with Crippen LogP contribution in [0.5, 0.6) is 5.75 Å². The standard InChI is InChI=1S/C29H43NO7S/c1-6-10-18-29(19-11-7-2,28(36-8-3)37-9-4)22-38(33,34)27-17-14-25(30(31)32)21-24(27)20-23-12-15-26(35-5)16-13-23/h12-17,21,28H,6-11,18-20,22H2,1-5H3. The SMILES string of the molecule is CCCCC(CCCC)(CS(=O)(=O)c1ccc([N+](=O)[O-])cc1Cc1ccc(OC)cc1)C(OCC)OCC. The first-order chi connectivity index (χ1) is 18.2. The molecule has 0 fully saturated rings. The number of hydrogen-bond acceptors (Lipinski definition) is 7. The van der Waals surface area contributed by atoms with Gasteiger partial charge in [0.1, 0.15) is 5.75 Å². The lowest BCUT2D eigenvalue weighted by Crippen LogP contribution is -2.45. The molecule has 0 saturated heterocycles. The Bertz CT molecular complexity index is 1100. The maximum atomic E-state index is 14.2. The Morgan fingerprint density at radius 3 is 1.97 bits per heavy atom. The molecule has 0 radical (unpaired) electrons. The van der Waals surface area contributed by atoms with Gasteiger partial charge < -0.3 is 14.2 Å². The Labute approximate surface area is 227 Å². The smallest absolute Gasteiger partial charge is 0.269 e. The number of nitrogens with zero attached hydrogens (tertiary/aromatic N) is 1. The number of hydrogen-bond donors (Lipinski definition) is 0. The van der Waals surface area contributed by atoms with Crippen molar-refractivity contribution in [2.75, 3.05) is 26.1 Å². The number of nitro groups is 1. The van der Waals surface area contributed by atoms with Gasteiger partial charge in [0.05, 0.1) is 22.7 Å². The monoisotopic (exact) mass is 549 g/mol. The summed E-state index contributed by atoms with van der Waals surface area (Å²) in [5.74, 6) is 0.521. The summed E-state index contributed by atoms with van der Waals surface area (Å²) < 4.78 is 45.6. The number of unbranched alkanes of at least 4 members (excludes halogenated alkanes) is 2. The van der Waals surface area contributed by atoms with Gasteiger partial charge in [0.15, 0.2) is 16.1 Å². The van der Waals surface area contributed by atoms with Crippen LogP contribution in [0, 0.1) is 15.5 Å². The van der Waals surface area contributed by atoms with Gasteiger partial charge in [-0.05, 0) is 62.4 Å². The first-order valence-electron chi connectivity index (χ1n) is 13.5. The molecule has 0 aromatic heterocycles. The van der Waals surface area contributed by atoms with Crippen molar-refractivity contribution in [3.8, 4) is 5.75 Å². The molecule has 9 heteroatoms. The summed E-state index contributed by atoms with van der Waals surface area (Å²) in [5.41, 5.74) is 0.342. The minimum absolute atomic E-state index is 0.114. The Kier molecular flexibility index (Phi) is 12.7. The maximum Gasteiger partial charge on any atom is 0.269 e. The number of sulfone groups is 1. The predicted octanol–water partition coefficient (Wildman–Crippen LogP) is 6.73. The minimum Gasteiger partial charge on any atom is -0.497 e. The molecule has 0 heterocycles. The fraction of sp³-hybridized carbons (Fsp3) is 0.586. The number of ether oxygens (including phenoxy) is 3.